The summed E-state index contributed by atoms with van der Waals surface area (Å²) >= 11 is 5.74. The van der Waals surface area contributed by atoms with Crippen molar-refractivity contribution in [2.75, 3.05) is 0 Å². The van der Waals surface area contributed by atoms with E-state index in [1.54, 1.807) is 13.0 Å². The van der Waals surface area contributed by atoms with Gasteiger partial charge in [0, 0.05) is 5.02 Å². The molecule has 0 bridgehead atoms. The van der Waals surface area contributed by atoms with Gasteiger partial charge in [0.15, 0.2) is 0 Å². The van der Waals surface area contributed by atoms with Crippen molar-refractivity contribution >= 4 is 11.6 Å². The van der Waals surface area contributed by atoms with Gasteiger partial charge in [0.1, 0.15) is 0 Å². The van der Waals surface area contributed by atoms with Crippen LogP contribution in [0.1, 0.15) is 24.2 Å². The van der Waals surface area contributed by atoms with Crippen LogP contribution in [0.25, 0.3) is 0 Å². The van der Waals surface area contributed by atoms with Crippen LogP contribution >= 0.6 is 11.6 Å². The zero-order chi connectivity index (χ0) is 8.43. The average Bonchev–Trinajstić information content (AvgIpc) is 1.85. The number of rotatable bonds is 1. The second-order valence-electron chi connectivity index (χ2n) is 2.68. The topological polar surface area (TPSA) is 20.2 Å². The van der Waals surface area contributed by atoms with Crippen molar-refractivity contribution in [2.24, 2.45) is 0 Å². The van der Waals surface area contributed by atoms with Gasteiger partial charge in [0.05, 0.1) is 6.10 Å². The summed E-state index contributed by atoms with van der Waals surface area (Å²) in [6.45, 7) is 3.68. The average molecular weight is 171 g/mol. The summed E-state index contributed by atoms with van der Waals surface area (Å²) in [7, 11) is 0. The molecule has 1 atom stereocenters. The van der Waals surface area contributed by atoms with Gasteiger partial charge in [-0.1, -0.05) is 17.7 Å². The SMILES string of the molecule is Cc1cc(Cl)ccc1[C@@H](C)O. The lowest BCUT2D eigenvalue weighted by molar-refractivity contribution is 0.198. The normalized spacial score (nSPS) is 13.1. The monoisotopic (exact) mass is 170 g/mol. The predicted octanol–water partition coefficient (Wildman–Crippen LogP) is 2.70. The molecule has 1 N–H and O–H groups in total. The first-order valence-corrected chi connectivity index (χ1v) is 3.93. The van der Waals surface area contributed by atoms with E-state index in [0.717, 1.165) is 11.1 Å². The maximum absolute atomic E-state index is 9.25. The van der Waals surface area contributed by atoms with Gasteiger partial charge in [-0.15, -0.1) is 0 Å². The van der Waals surface area contributed by atoms with Crippen LogP contribution in [0.3, 0.4) is 0 Å². The van der Waals surface area contributed by atoms with Crippen LogP contribution in [-0.2, 0) is 0 Å². The Morgan fingerprint density at radius 1 is 1.45 bits per heavy atom. The van der Waals surface area contributed by atoms with E-state index in [1.807, 2.05) is 19.1 Å². The molecule has 1 aromatic carbocycles. The molecule has 0 spiro atoms. The highest BCUT2D eigenvalue weighted by Crippen LogP contribution is 2.20. The maximum atomic E-state index is 9.25. The minimum Gasteiger partial charge on any atom is -0.389 e. The van der Waals surface area contributed by atoms with Gasteiger partial charge in [-0.05, 0) is 37.1 Å². The molecule has 0 aliphatic rings. The fraction of sp³-hybridized carbons (Fsp3) is 0.333. The number of benzene rings is 1. The van der Waals surface area contributed by atoms with E-state index in [9.17, 15) is 5.11 Å². The van der Waals surface area contributed by atoms with Gasteiger partial charge in [0.2, 0.25) is 0 Å². The Morgan fingerprint density at radius 2 is 2.09 bits per heavy atom. The third kappa shape index (κ3) is 1.95. The van der Waals surface area contributed by atoms with Crippen molar-refractivity contribution in [2.45, 2.75) is 20.0 Å². The van der Waals surface area contributed by atoms with E-state index in [1.165, 1.54) is 0 Å². The first-order valence-electron chi connectivity index (χ1n) is 3.55. The fourth-order valence-electron chi connectivity index (χ4n) is 1.11. The Kier molecular flexibility index (Phi) is 2.53. The lowest BCUT2D eigenvalue weighted by atomic mass is 10.1. The Balaban J connectivity index is 3.09. The zero-order valence-electron chi connectivity index (χ0n) is 6.63. The number of aliphatic hydroxyl groups excluding tert-OH is 1. The van der Waals surface area contributed by atoms with Gasteiger partial charge in [-0.3, -0.25) is 0 Å². The molecule has 0 radical (unpaired) electrons. The van der Waals surface area contributed by atoms with Crippen molar-refractivity contribution in [1.82, 2.24) is 0 Å². The first-order chi connectivity index (χ1) is 5.11. The minimum atomic E-state index is -0.410. The molecule has 11 heavy (non-hydrogen) atoms. The van der Waals surface area contributed by atoms with Crippen LogP contribution in [0.4, 0.5) is 0 Å². The van der Waals surface area contributed by atoms with Crippen molar-refractivity contribution in [3.8, 4) is 0 Å². The van der Waals surface area contributed by atoms with E-state index >= 15 is 0 Å². The molecule has 1 rings (SSSR count). The number of hydrogen-bond donors (Lipinski definition) is 1. The van der Waals surface area contributed by atoms with Crippen molar-refractivity contribution in [3.63, 3.8) is 0 Å². The van der Waals surface area contributed by atoms with Gasteiger partial charge in [0.25, 0.3) is 0 Å². The van der Waals surface area contributed by atoms with Crippen LogP contribution in [0.2, 0.25) is 5.02 Å². The highest BCUT2D eigenvalue weighted by molar-refractivity contribution is 6.30. The number of hydrogen-bond acceptors (Lipinski definition) is 1. The third-order valence-electron chi connectivity index (χ3n) is 1.68. The minimum absolute atomic E-state index is 0.410. The molecule has 0 saturated heterocycles. The first kappa shape index (κ1) is 8.57. The largest absolute Gasteiger partial charge is 0.389 e. The molecule has 0 heterocycles. The Bertz CT molecular complexity index is 256. The van der Waals surface area contributed by atoms with E-state index < -0.39 is 6.10 Å². The summed E-state index contributed by atoms with van der Waals surface area (Å²) in [6, 6.07) is 5.49. The molecule has 0 unspecified atom stereocenters. The van der Waals surface area contributed by atoms with Gasteiger partial charge < -0.3 is 5.11 Å². The Hall–Kier alpha value is -0.530. The van der Waals surface area contributed by atoms with E-state index in [-0.39, 0.29) is 0 Å². The molecule has 2 heteroatoms. The summed E-state index contributed by atoms with van der Waals surface area (Å²) in [6.07, 6.45) is -0.410. The van der Waals surface area contributed by atoms with Crippen LogP contribution in [0, 0.1) is 6.92 Å². The highest BCUT2D eigenvalue weighted by Gasteiger charge is 2.03. The van der Waals surface area contributed by atoms with E-state index in [2.05, 4.69) is 0 Å². The molecule has 0 aliphatic carbocycles. The molecule has 0 aliphatic heterocycles. The van der Waals surface area contributed by atoms with Crippen LogP contribution < -0.4 is 0 Å². The van der Waals surface area contributed by atoms with E-state index in [4.69, 9.17) is 11.6 Å². The van der Waals surface area contributed by atoms with Crippen molar-refractivity contribution < 1.29 is 5.11 Å². The van der Waals surface area contributed by atoms with Crippen LogP contribution in [0.5, 0.6) is 0 Å². The zero-order valence-corrected chi connectivity index (χ0v) is 7.39. The number of aliphatic hydroxyl groups is 1. The Morgan fingerprint density at radius 3 is 2.55 bits per heavy atom. The molecular formula is C9H11ClO. The number of halogens is 1. The predicted molar refractivity (Wildman–Crippen MR) is 46.8 cm³/mol. The molecule has 60 valence electrons. The summed E-state index contributed by atoms with van der Waals surface area (Å²) in [5.74, 6) is 0. The standard InChI is InChI=1S/C9H11ClO/c1-6-5-8(10)3-4-9(6)7(2)11/h3-5,7,11H,1-2H3/t7-/m1/s1. The molecule has 0 amide bonds. The van der Waals surface area contributed by atoms with Gasteiger partial charge in [-0.2, -0.15) is 0 Å². The van der Waals surface area contributed by atoms with Crippen LogP contribution in [-0.4, -0.2) is 5.11 Å². The quantitative estimate of drug-likeness (QED) is 0.687. The highest BCUT2D eigenvalue weighted by atomic mass is 35.5. The van der Waals surface area contributed by atoms with Crippen molar-refractivity contribution in [3.05, 3.63) is 34.3 Å². The molecule has 0 fully saturated rings. The van der Waals surface area contributed by atoms with Gasteiger partial charge >= 0.3 is 0 Å². The summed E-state index contributed by atoms with van der Waals surface area (Å²) in [4.78, 5) is 0. The van der Waals surface area contributed by atoms with E-state index in [0.29, 0.717) is 5.02 Å². The smallest absolute Gasteiger partial charge is 0.0764 e. The maximum Gasteiger partial charge on any atom is 0.0764 e. The summed E-state index contributed by atoms with van der Waals surface area (Å²) < 4.78 is 0. The van der Waals surface area contributed by atoms with Crippen molar-refractivity contribution in [1.29, 1.82) is 0 Å². The Labute approximate surface area is 71.6 Å². The molecule has 0 aromatic heterocycles. The lowest BCUT2D eigenvalue weighted by Crippen LogP contribution is -1.93. The summed E-state index contributed by atoms with van der Waals surface area (Å²) in [5, 5.41) is 9.97. The second-order valence-corrected chi connectivity index (χ2v) is 3.11. The molecule has 1 aromatic rings. The fourth-order valence-corrected chi connectivity index (χ4v) is 1.33. The molecule has 1 nitrogen and oxygen atoms in total. The third-order valence-corrected chi connectivity index (χ3v) is 1.92. The van der Waals surface area contributed by atoms with Crippen LogP contribution in [0.15, 0.2) is 18.2 Å². The summed E-state index contributed by atoms with van der Waals surface area (Å²) in [5.41, 5.74) is 1.97. The number of aryl methyl sites for hydroxylation is 1. The second kappa shape index (κ2) is 3.24. The molecular weight excluding hydrogens is 160 g/mol. The van der Waals surface area contributed by atoms with Gasteiger partial charge in [-0.25, -0.2) is 0 Å². The lowest BCUT2D eigenvalue weighted by Gasteiger charge is -2.07. The molecule has 0 saturated carbocycles.